The maximum Gasteiger partial charge on any atom is 0.361 e. The van der Waals surface area contributed by atoms with Gasteiger partial charge in [0, 0.05) is 5.56 Å². The van der Waals surface area contributed by atoms with Crippen molar-refractivity contribution >= 4 is 0 Å². The lowest BCUT2D eigenvalue weighted by Crippen LogP contribution is -1.86. The quantitative estimate of drug-likeness (QED) is 0.360. The van der Waals surface area contributed by atoms with Gasteiger partial charge < -0.3 is 0 Å². The monoisotopic (exact) mass is 337 g/mol. The minimum atomic E-state index is 0.877. The molecule has 3 aromatic carbocycles. The molecule has 0 amide bonds. The highest BCUT2D eigenvalue weighted by Gasteiger charge is 2.20. The Hall–Kier alpha value is -3.19. The summed E-state index contributed by atoms with van der Waals surface area (Å²) in [7, 11) is 0. The van der Waals surface area contributed by atoms with Gasteiger partial charge in [0.15, 0.2) is 0 Å². The van der Waals surface area contributed by atoms with Gasteiger partial charge in [-0.3, -0.25) is 0 Å². The minimum absolute atomic E-state index is 0.877. The molecule has 0 aliphatic rings. The first-order chi connectivity index (χ1) is 12.7. The SMILES string of the molecule is Cc1ccc(-c2cc(-c3ccccc3)cc(-c3ccc(C)cc3)[o+]2)cc1. The molecule has 126 valence electrons. The Morgan fingerprint density at radius 2 is 0.923 bits per heavy atom. The standard InChI is InChI=1S/C25H21O/c1-18-8-12-21(13-9-18)24-16-23(20-6-4-3-5-7-20)17-25(26-24)22-14-10-19(2)11-15-22/h3-17H,1-2H3/q+1. The third-order valence-corrected chi connectivity index (χ3v) is 4.57. The molecule has 0 saturated carbocycles. The molecule has 26 heavy (non-hydrogen) atoms. The summed E-state index contributed by atoms with van der Waals surface area (Å²) in [6, 6.07) is 31.6. The van der Waals surface area contributed by atoms with E-state index in [1.165, 1.54) is 16.7 Å². The van der Waals surface area contributed by atoms with Crippen LogP contribution in [0.15, 0.2) is 95.4 Å². The van der Waals surface area contributed by atoms with Crippen LogP contribution in [0.25, 0.3) is 33.8 Å². The molecule has 0 aliphatic heterocycles. The summed E-state index contributed by atoms with van der Waals surface area (Å²) in [5, 5.41) is 0. The van der Waals surface area contributed by atoms with Crippen LogP contribution in [0.2, 0.25) is 0 Å². The third kappa shape index (κ3) is 3.43. The van der Waals surface area contributed by atoms with Gasteiger partial charge in [-0.15, -0.1) is 0 Å². The fourth-order valence-corrected chi connectivity index (χ4v) is 3.02. The Morgan fingerprint density at radius 1 is 0.462 bits per heavy atom. The van der Waals surface area contributed by atoms with Crippen LogP contribution in [-0.2, 0) is 0 Å². The first-order valence-electron chi connectivity index (χ1n) is 8.87. The maximum absolute atomic E-state index is 6.29. The van der Waals surface area contributed by atoms with Crippen LogP contribution >= 0.6 is 0 Å². The van der Waals surface area contributed by atoms with Crippen molar-refractivity contribution in [2.75, 3.05) is 0 Å². The van der Waals surface area contributed by atoms with E-state index in [0.717, 1.165) is 28.2 Å². The van der Waals surface area contributed by atoms with Gasteiger partial charge in [-0.1, -0.05) is 65.7 Å². The van der Waals surface area contributed by atoms with Crippen molar-refractivity contribution in [2.45, 2.75) is 13.8 Å². The fourth-order valence-electron chi connectivity index (χ4n) is 3.02. The van der Waals surface area contributed by atoms with Crippen molar-refractivity contribution in [3.8, 4) is 33.8 Å². The van der Waals surface area contributed by atoms with Crippen LogP contribution in [0.1, 0.15) is 11.1 Å². The van der Waals surface area contributed by atoms with Gasteiger partial charge in [0.25, 0.3) is 0 Å². The molecule has 1 heterocycles. The highest BCUT2D eigenvalue weighted by Crippen LogP contribution is 2.33. The first-order valence-corrected chi connectivity index (χ1v) is 8.87. The molecule has 0 aliphatic carbocycles. The summed E-state index contributed by atoms with van der Waals surface area (Å²) in [5.74, 6) is 1.75. The zero-order valence-electron chi connectivity index (χ0n) is 15.1. The number of aryl methyl sites for hydroxylation is 2. The van der Waals surface area contributed by atoms with E-state index in [-0.39, 0.29) is 0 Å². The Labute approximate surface area is 154 Å². The summed E-state index contributed by atoms with van der Waals surface area (Å²) in [4.78, 5) is 0. The van der Waals surface area contributed by atoms with Crippen LogP contribution in [0.5, 0.6) is 0 Å². The lowest BCUT2D eigenvalue weighted by Gasteiger charge is -2.02. The topological polar surface area (TPSA) is 11.3 Å². The summed E-state index contributed by atoms with van der Waals surface area (Å²) >= 11 is 0. The van der Waals surface area contributed by atoms with Gasteiger partial charge in [-0.05, 0) is 43.7 Å². The molecule has 4 rings (SSSR count). The van der Waals surface area contributed by atoms with Gasteiger partial charge >= 0.3 is 11.5 Å². The molecule has 0 N–H and O–H groups in total. The second-order valence-electron chi connectivity index (χ2n) is 6.67. The lowest BCUT2D eigenvalue weighted by atomic mass is 10.0. The van der Waals surface area contributed by atoms with Gasteiger partial charge in [-0.25, -0.2) is 4.42 Å². The number of benzene rings is 3. The summed E-state index contributed by atoms with van der Waals surface area (Å²) in [6.07, 6.45) is 0. The van der Waals surface area contributed by atoms with Crippen molar-refractivity contribution in [2.24, 2.45) is 0 Å². The Balaban J connectivity index is 1.89. The van der Waals surface area contributed by atoms with Crippen molar-refractivity contribution in [3.63, 3.8) is 0 Å². The molecule has 0 fully saturated rings. The number of hydrogen-bond donors (Lipinski definition) is 0. The number of hydrogen-bond acceptors (Lipinski definition) is 0. The van der Waals surface area contributed by atoms with E-state index in [2.05, 4.69) is 98.8 Å². The predicted molar refractivity (Wildman–Crippen MR) is 109 cm³/mol. The molecule has 0 atom stereocenters. The molecule has 0 unspecified atom stereocenters. The summed E-state index contributed by atoms with van der Waals surface area (Å²) in [6.45, 7) is 4.19. The van der Waals surface area contributed by atoms with Crippen LogP contribution in [0, 0.1) is 13.8 Å². The number of rotatable bonds is 3. The summed E-state index contributed by atoms with van der Waals surface area (Å²) in [5.41, 5.74) is 7.00. The maximum atomic E-state index is 6.29. The largest absolute Gasteiger partial charge is 0.361 e. The molecule has 0 bridgehead atoms. The third-order valence-electron chi connectivity index (χ3n) is 4.57. The molecule has 1 aromatic heterocycles. The van der Waals surface area contributed by atoms with Gasteiger partial charge in [0.1, 0.15) is 0 Å². The van der Waals surface area contributed by atoms with Crippen LogP contribution in [0.4, 0.5) is 0 Å². The smallest absolute Gasteiger partial charge is 0.207 e. The molecule has 4 aromatic rings. The van der Waals surface area contributed by atoms with Crippen molar-refractivity contribution in [3.05, 3.63) is 102 Å². The Kier molecular flexibility index (Phi) is 4.37. The highest BCUT2D eigenvalue weighted by atomic mass is 16.3. The van der Waals surface area contributed by atoms with E-state index in [9.17, 15) is 0 Å². The second-order valence-corrected chi connectivity index (χ2v) is 6.67. The summed E-state index contributed by atoms with van der Waals surface area (Å²) < 4.78 is 6.29. The average Bonchev–Trinajstić information content (AvgIpc) is 2.69. The molecule has 1 nitrogen and oxygen atoms in total. The second kappa shape index (κ2) is 6.97. The molecule has 0 saturated heterocycles. The zero-order valence-corrected chi connectivity index (χ0v) is 15.1. The average molecular weight is 337 g/mol. The van der Waals surface area contributed by atoms with E-state index in [4.69, 9.17) is 4.42 Å². The van der Waals surface area contributed by atoms with Crippen LogP contribution in [0.3, 0.4) is 0 Å². The van der Waals surface area contributed by atoms with Crippen molar-refractivity contribution in [1.82, 2.24) is 0 Å². The van der Waals surface area contributed by atoms with E-state index < -0.39 is 0 Å². The highest BCUT2D eigenvalue weighted by molar-refractivity contribution is 5.74. The molecular formula is C25H21O+. The van der Waals surface area contributed by atoms with E-state index in [0.29, 0.717) is 0 Å². The lowest BCUT2D eigenvalue weighted by molar-refractivity contribution is 0.582. The predicted octanol–water partition coefficient (Wildman–Crippen LogP) is 7.18. The van der Waals surface area contributed by atoms with Gasteiger partial charge in [0.05, 0.1) is 23.3 Å². The van der Waals surface area contributed by atoms with Gasteiger partial charge in [-0.2, -0.15) is 0 Å². The Bertz CT molecular complexity index is 950. The molecule has 1 heteroatoms. The van der Waals surface area contributed by atoms with E-state index >= 15 is 0 Å². The van der Waals surface area contributed by atoms with Crippen molar-refractivity contribution in [1.29, 1.82) is 0 Å². The van der Waals surface area contributed by atoms with Crippen LogP contribution in [-0.4, -0.2) is 0 Å². The van der Waals surface area contributed by atoms with E-state index in [1.54, 1.807) is 0 Å². The Morgan fingerprint density at radius 3 is 1.38 bits per heavy atom. The first kappa shape index (κ1) is 16.3. The van der Waals surface area contributed by atoms with Crippen molar-refractivity contribution < 1.29 is 4.42 Å². The minimum Gasteiger partial charge on any atom is -0.207 e. The van der Waals surface area contributed by atoms with Crippen LogP contribution < -0.4 is 0 Å². The van der Waals surface area contributed by atoms with Gasteiger partial charge in [0.2, 0.25) is 0 Å². The fraction of sp³-hybridized carbons (Fsp3) is 0.0800. The van der Waals surface area contributed by atoms with E-state index in [1.807, 2.05) is 6.07 Å². The molecule has 0 spiro atoms. The molecule has 0 radical (unpaired) electrons. The molecular weight excluding hydrogens is 316 g/mol. The normalized spacial score (nSPS) is 10.7. The zero-order chi connectivity index (χ0) is 17.9.